The first-order valence-corrected chi connectivity index (χ1v) is 7.81. The van der Waals surface area contributed by atoms with Gasteiger partial charge < -0.3 is 5.11 Å². The van der Waals surface area contributed by atoms with Gasteiger partial charge in [0.05, 0.1) is 12.1 Å². The molecule has 0 unspecified atom stereocenters. The number of allylic oxidation sites excluding steroid dienone is 5. The van der Waals surface area contributed by atoms with Crippen molar-refractivity contribution in [2.24, 2.45) is 0 Å². The minimum atomic E-state index is -0.821. The second-order valence-corrected chi connectivity index (χ2v) is 5.71. The normalized spacial score (nSPS) is 13.9. The summed E-state index contributed by atoms with van der Waals surface area (Å²) < 4.78 is 0. The molecule has 0 aliphatic heterocycles. The highest BCUT2D eigenvalue weighted by molar-refractivity contribution is 5.76. The highest BCUT2D eigenvalue weighted by Crippen LogP contribution is 2.22. The monoisotopic (exact) mass is 318 g/mol. The molecule has 0 saturated heterocycles. The van der Waals surface area contributed by atoms with Crippen LogP contribution in [0, 0.1) is 6.92 Å². The Hall–Kier alpha value is -3.01. The van der Waals surface area contributed by atoms with Gasteiger partial charge >= 0.3 is 5.97 Å². The quantitative estimate of drug-likeness (QED) is 0.918. The minimum absolute atomic E-state index is 0.0377. The van der Waals surface area contributed by atoms with Gasteiger partial charge in [0.2, 0.25) is 0 Å². The molecule has 0 radical (unpaired) electrons. The number of carboxylic acids is 1. The van der Waals surface area contributed by atoms with Crippen molar-refractivity contribution in [2.45, 2.75) is 19.8 Å². The molecule has 0 spiro atoms. The van der Waals surface area contributed by atoms with E-state index in [9.17, 15) is 4.79 Å². The van der Waals surface area contributed by atoms with E-state index in [0.29, 0.717) is 12.2 Å². The van der Waals surface area contributed by atoms with Gasteiger partial charge in [0.1, 0.15) is 0 Å². The van der Waals surface area contributed by atoms with Crippen molar-refractivity contribution in [1.29, 1.82) is 0 Å². The summed E-state index contributed by atoms with van der Waals surface area (Å²) in [6.45, 7) is 2.05. The van der Waals surface area contributed by atoms with Crippen LogP contribution in [0.25, 0.3) is 17.0 Å². The zero-order valence-corrected chi connectivity index (χ0v) is 13.4. The number of carboxylic acid groups (broad SMARTS) is 1. The summed E-state index contributed by atoms with van der Waals surface area (Å²) in [6.07, 6.45) is 10.2. The molecule has 0 saturated carbocycles. The molecule has 0 amide bonds. The lowest BCUT2D eigenvalue weighted by atomic mass is 10.1. The van der Waals surface area contributed by atoms with Crippen molar-refractivity contribution in [3.8, 4) is 11.4 Å². The number of carbonyl (C=O) groups is 1. The van der Waals surface area contributed by atoms with Gasteiger partial charge in [-0.2, -0.15) is 0 Å². The van der Waals surface area contributed by atoms with E-state index >= 15 is 0 Å². The maximum atomic E-state index is 10.8. The van der Waals surface area contributed by atoms with Crippen molar-refractivity contribution in [3.05, 3.63) is 77.7 Å². The third-order valence-electron chi connectivity index (χ3n) is 3.81. The first-order valence-electron chi connectivity index (χ1n) is 7.81. The van der Waals surface area contributed by atoms with E-state index < -0.39 is 5.97 Å². The smallest absolute Gasteiger partial charge is 0.307 e. The standard InChI is InChI=1S/C20H18N2O2/c1-14-5-8-17(9-6-14)20-21-12-11-18(22-20)16-4-2-3-15(7-10-16)13-19(23)24/h3-12H,2,13H2,1H3,(H,23,24). The van der Waals surface area contributed by atoms with Crippen molar-refractivity contribution >= 4 is 11.5 Å². The van der Waals surface area contributed by atoms with Crippen molar-refractivity contribution in [1.82, 2.24) is 9.97 Å². The molecule has 4 nitrogen and oxygen atoms in total. The Labute approximate surface area is 140 Å². The van der Waals surface area contributed by atoms with E-state index in [2.05, 4.69) is 9.97 Å². The number of nitrogens with zero attached hydrogens (tertiary/aromatic N) is 2. The lowest BCUT2D eigenvalue weighted by molar-refractivity contribution is -0.136. The van der Waals surface area contributed by atoms with Gasteiger partial charge in [-0.15, -0.1) is 0 Å². The fraction of sp³-hybridized carbons (Fsp3) is 0.150. The first-order chi connectivity index (χ1) is 11.6. The van der Waals surface area contributed by atoms with Crippen LogP contribution in [0.3, 0.4) is 0 Å². The van der Waals surface area contributed by atoms with Crippen LogP contribution < -0.4 is 0 Å². The molecule has 0 atom stereocenters. The van der Waals surface area contributed by atoms with Gasteiger partial charge in [0.25, 0.3) is 0 Å². The molecule has 1 aromatic carbocycles. The van der Waals surface area contributed by atoms with E-state index in [1.54, 1.807) is 6.20 Å². The predicted octanol–water partition coefficient (Wildman–Crippen LogP) is 4.20. The summed E-state index contributed by atoms with van der Waals surface area (Å²) >= 11 is 0. The van der Waals surface area contributed by atoms with Gasteiger partial charge in [0, 0.05) is 11.8 Å². The van der Waals surface area contributed by atoms with Crippen LogP contribution in [0.4, 0.5) is 0 Å². The maximum absolute atomic E-state index is 10.8. The Morgan fingerprint density at radius 3 is 2.67 bits per heavy atom. The van der Waals surface area contributed by atoms with E-state index in [0.717, 1.165) is 22.4 Å². The van der Waals surface area contributed by atoms with Crippen LogP contribution in [0.15, 0.2) is 66.4 Å². The van der Waals surface area contributed by atoms with Crippen molar-refractivity contribution in [2.75, 3.05) is 0 Å². The molecule has 1 heterocycles. The molecule has 1 N–H and O–H groups in total. The lowest BCUT2D eigenvalue weighted by Crippen LogP contribution is -1.95. The average Bonchev–Trinajstić information content (AvgIpc) is 2.81. The molecule has 3 rings (SSSR count). The molecular formula is C20H18N2O2. The number of rotatable bonds is 4. The first kappa shape index (κ1) is 15.9. The molecule has 2 aromatic rings. The van der Waals surface area contributed by atoms with Crippen LogP contribution in [0.5, 0.6) is 0 Å². The van der Waals surface area contributed by atoms with Gasteiger partial charge in [-0.3, -0.25) is 4.79 Å². The Morgan fingerprint density at radius 1 is 1.12 bits per heavy atom. The third-order valence-corrected chi connectivity index (χ3v) is 3.81. The van der Waals surface area contributed by atoms with Crippen LogP contribution in [0.2, 0.25) is 0 Å². The number of hydrogen-bond donors (Lipinski definition) is 1. The largest absolute Gasteiger partial charge is 0.481 e. The summed E-state index contributed by atoms with van der Waals surface area (Å²) in [5.41, 5.74) is 4.79. The molecule has 1 aromatic heterocycles. The van der Waals surface area contributed by atoms with Gasteiger partial charge in [-0.1, -0.05) is 54.1 Å². The number of aromatic nitrogens is 2. The summed E-state index contributed by atoms with van der Waals surface area (Å²) in [5, 5.41) is 8.91. The molecule has 24 heavy (non-hydrogen) atoms. The number of aryl methyl sites for hydroxylation is 1. The molecule has 0 fully saturated rings. The molecule has 0 bridgehead atoms. The fourth-order valence-electron chi connectivity index (χ4n) is 2.53. The average molecular weight is 318 g/mol. The topological polar surface area (TPSA) is 63.1 Å². The summed E-state index contributed by atoms with van der Waals surface area (Å²) in [4.78, 5) is 19.9. The van der Waals surface area contributed by atoms with Gasteiger partial charge in [0.15, 0.2) is 5.82 Å². The SMILES string of the molecule is Cc1ccc(-c2nccc(C3=CCC=C(CC(=O)O)C=C3)n2)cc1. The van der Waals surface area contributed by atoms with Crippen molar-refractivity contribution in [3.63, 3.8) is 0 Å². The zero-order chi connectivity index (χ0) is 16.9. The lowest BCUT2D eigenvalue weighted by Gasteiger charge is -2.05. The Bertz CT molecular complexity index is 846. The predicted molar refractivity (Wildman–Crippen MR) is 94.3 cm³/mol. The van der Waals surface area contributed by atoms with Crippen LogP contribution in [-0.2, 0) is 4.79 Å². The van der Waals surface area contributed by atoms with Crippen LogP contribution in [-0.4, -0.2) is 21.0 Å². The van der Waals surface area contributed by atoms with Crippen LogP contribution >= 0.6 is 0 Å². The second kappa shape index (κ2) is 7.04. The highest BCUT2D eigenvalue weighted by Gasteiger charge is 2.08. The summed E-state index contributed by atoms with van der Waals surface area (Å²) in [6, 6.07) is 9.98. The summed E-state index contributed by atoms with van der Waals surface area (Å²) in [7, 11) is 0. The molecule has 4 heteroatoms. The molecule has 120 valence electrons. The van der Waals surface area contributed by atoms with E-state index in [1.807, 2.05) is 61.6 Å². The molecule has 1 aliphatic rings. The zero-order valence-electron chi connectivity index (χ0n) is 13.4. The Morgan fingerprint density at radius 2 is 1.92 bits per heavy atom. The Kier molecular flexibility index (Phi) is 4.66. The van der Waals surface area contributed by atoms with Crippen molar-refractivity contribution < 1.29 is 9.90 Å². The number of aliphatic carboxylic acids is 1. The number of benzene rings is 1. The third kappa shape index (κ3) is 3.84. The molecular weight excluding hydrogens is 300 g/mol. The van der Waals surface area contributed by atoms with E-state index in [4.69, 9.17) is 5.11 Å². The van der Waals surface area contributed by atoms with Crippen LogP contribution in [0.1, 0.15) is 24.1 Å². The molecule has 1 aliphatic carbocycles. The second-order valence-electron chi connectivity index (χ2n) is 5.71. The van der Waals surface area contributed by atoms with E-state index in [1.165, 1.54) is 5.56 Å². The van der Waals surface area contributed by atoms with E-state index in [-0.39, 0.29) is 6.42 Å². The Balaban J connectivity index is 1.86. The fourth-order valence-corrected chi connectivity index (χ4v) is 2.53. The maximum Gasteiger partial charge on any atom is 0.307 e. The number of hydrogen-bond acceptors (Lipinski definition) is 3. The highest BCUT2D eigenvalue weighted by atomic mass is 16.4. The van der Waals surface area contributed by atoms with Gasteiger partial charge in [-0.05, 0) is 30.6 Å². The minimum Gasteiger partial charge on any atom is -0.481 e. The van der Waals surface area contributed by atoms with Gasteiger partial charge in [-0.25, -0.2) is 9.97 Å². The summed E-state index contributed by atoms with van der Waals surface area (Å²) in [5.74, 6) is -0.136.